The molecule has 0 aliphatic carbocycles. The Kier molecular flexibility index (Phi) is 6.21. The first-order valence-corrected chi connectivity index (χ1v) is 11.3. The largest absolute Gasteiger partial charge is 0.466 e. The number of anilines is 1. The van der Waals surface area contributed by atoms with Crippen molar-refractivity contribution in [1.82, 2.24) is 4.98 Å². The fraction of sp³-hybridized carbons (Fsp3) is 0.286. The van der Waals surface area contributed by atoms with Gasteiger partial charge in [-0.15, -0.1) is 11.3 Å². The molecule has 1 amide bonds. The third-order valence-electron chi connectivity index (χ3n) is 4.92. The predicted molar refractivity (Wildman–Crippen MR) is 121 cm³/mol. The second-order valence-corrected chi connectivity index (χ2v) is 9.26. The second kappa shape index (κ2) is 8.71. The van der Waals surface area contributed by atoms with Crippen LogP contribution in [0.15, 0.2) is 30.3 Å². The van der Waals surface area contributed by atoms with Gasteiger partial charge in [0.15, 0.2) is 0 Å². The fourth-order valence-corrected chi connectivity index (χ4v) is 5.18. The number of hydrogen-bond acceptors (Lipinski definition) is 5. The number of ether oxygens (including phenoxy) is 1. The first-order chi connectivity index (χ1) is 14.4. The van der Waals surface area contributed by atoms with E-state index in [0.29, 0.717) is 27.0 Å². The number of benzene rings is 2. The Labute approximate surface area is 192 Å². The summed E-state index contributed by atoms with van der Waals surface area (Å²) in [5.74, 6) is -1.04. The number of aromatic nitrogens is 1. The molecule has 0 saturated heterocycles. The van der Waals surface area contributed by atoms with Crippen molar-refractivity contribution in [2.75, 3.05) is 11.5 Å². The molecule has 0 fully saturated rings. The minimum atomic E-state index is -0.512. The third-order valence-corrected chi connectivity index (χ3v) is 6.96. The van der Waals surface area contributed by atoms with Crippen LogP contribution in [0.25, 0.3) is 10.2 Å². The van der Waals surface area contributed by atoms with Crippen LogP contribution in [0.3, 0.4) is 0 Å². The Morgan fingerprint density at radius 2 is 2.07 bits per heavy atom. The number of esters is 1. The number of carbonyl (C=O) groups excluding carboxylic acids is 2. The number of nitrogens with zero attached hydrogens (tertiary/aromatic N) is 2. The molecular formula is C21H17Cl3N2O3S. The van der Waals surface area contributed by atoms with Gasteiger partial charge < -0.3 is 9.64 Å². The summed E-state index contributed by atoms with van der Waals surface area (Å²) in [6.45, 7) is 2.29. The van der Waals surface area contributed by atoms with Crippen molar-refractivity contribution in [3.8, 4) is 0 Å². The molecular weight excluding hydrogens is 467 g/mol. The maximum absolute atomic E-state index is 13.3. The van der Waals surface area contributed by atoms with Crippen LogP contribution in [-0.2, 0) is 27.3 Å². The minimum Gasteiger partial charge on any atom is -0.466 e. The van der Waals surface area contributed by atoms with Gasteiger partial charge in [0.25, 0.3) is 0 Å². The summed E-state index contributed by atoms with van der Waals surface area (Å²) < 4.78 is 5.94. The highest BCUT2D eigenvalue weighted by Gasteiger charge is 2.35. The molecule has 1 atom stereocenters. The van der Waals surface area contributed by atoms with Gasteiger partial charge in [-0.3, -0.25) is 9.59 Å². The lowest BCUT2D eigenvalue weighted by atomic mass is 9.89. The topological polar surface area (TPSA) is 59.5 Å². The van der Waals surface area contributed by atoms with E-state index in [0.717, 1.165) is 21.0 Å². The number of thiazole rings is 1. The van der Waals surface area contributed by atoms with Crippen LogP contribution < -0.4 is 4.90 Å². The van der Waals surface area contributed by atoms with Crippen molar-refractivity contribution in [2.24, 2.45) is 5.92 Å². The van der Waals surface area contributed by atoms with Crippen molar-refractivity contribution in [3.05, 3.63) is 56.0 Å². The normalized spacial score (nSPS) is 16.1. The summed E-state index contributed by atoms with van der Waals surface area (Å²) in [4.78, 5) is 31.6. The quantitative estimate of drug-likeness (QED) is 0.423. The van der Waals surface area contributed by atoms with Crippen LogP contribution in [-0.4, -0.2) is 23.5 Å². The molecule has 0 radical (unpaired) electrons. The Morgan fingerprint density at radius 3 is 2.83 bits per heavy atom. The smallest absolute Gasteiger partial charge is 0.306 e. The zero-order valence-electron chi connectivity index (χ0n) is 16.0. The van der Waals surface area contributed by atoms with E-state index in [2.05, 4.69) is 4.98 Å². The monoisotopic (exact) mass is 482 g/mol. The number of amides is 1. The average Bonchev–Trinajstić information content (AvgIpc) is 3.11. The molecule has 0 bridgehead atoms. The maximum atomic E-state index is 13.3. The van der Waals surface area contributed by atoms with Gasteiger partial charge in [0.2, 0.25) is 5.91 Å². The first kappa shape index (κ1) is 21.4. The molecule has 1 aliphatic heterocycles. The first-order valence-electron chi connectivity index (χ1n) is 9.36. The molecule has 156 valence electrons. The molecule has 0 saturated carbocycles. The molecule has 2 aromatic carbocycles. The average molecular weight is 484 g/mol. The molecule has 1 aromatic heterocycles. The zero-order valence-corrected chi connectivity index (χ0v) is 19.0. The summed E-state index contributed by atoms with van der Waals surface area (Å²) in [5.41, 5.74) is 2.31. The second-order valence-electron chi connectivity index (χ2n) is 6.92. The molecule has 2 heterocycles. The Bertz CT molecular complexity index is 1150. The van der Waals surface area contributed by atoms with Crippen LogP contribution in [0.1, 0.15) is 23.9 Å². The summed E-state index contributed by atoms with van der Waals surface area (Å²) >= 11 is 20.0. The standard InChI is InChI=1S/C21H17Cl3N2O3S/c1-2-29-18(27)9-12-7-11-8-13(22)3-5-15(11)26(21(12)28)10-17-25-20-16(30-17)6-4-14(23)19(20)24/h3-6,8,12H,2,7,9-10H2,1H3. The van der Waals surface area contributed by atoms with Gasteiger partial charge >= 0.3 is 5.97 Å². The minimum absolute atomic E-state index is 0.0242. The van der Waals surface area contributed by atoms with Crippen LogP contribution in [0.2, 0.25) is 15.1 Å². The maximum Gasteiger partial charge on any atom is 0.306 e. The van der Waals surface area contributed by atoms with Gasteiger partial charge in [-0.2, -0.15) is 0 Å². The van der Waals surface area contributed by atoms with E-state index in [-0.39, 0.29) is 31.4 Å². The van der Waals surface area contributed by atoms with E-state index in [1.165, 1.54) is 11.3 Å². The van der Waals surface area contributed by atoms with E-state index in [4.69, 9.17) is 39.5 Å². The molecule has 0 spiro atoms. The number of rotatable bonds is 5. The lowest BCUT2D eigenvalue weighted by molar-refractivity contribution is -0.146. The zero-order chi connectivity index (χ0) is 21.4. The van der Waals surface area contributed by atoms with Gasteiger partial charge in [-0.05, 0) is 49.2 Å². The Morgan fingerprint density at radius 1 is 1.27 bits per heavy atom. The summed E-state index contributed by atoms with van der Waals surface area (Å²) in [7, 11) is 0. The van der Waals surface area contributed by atoms with Gasteiger partial charge in [0.05, 0.1) is 40.2 Å². The molecule has 5 nitrogen and oxygen atoms in total. The number of fused-ring (bicyclic) bond motifs is 2. The number of carbonyl (C=O) groups is 2. The SMILES string of the molecule is CCOC(=O)CC1Cc2cc(Cl)ccc2N(Cc2nc3c(Cl)c(Cl)ccc3s2)C1=O. The van der Waals surface area contributed by atoms with Crippen LogP contribution >= 0.6 is 46.1 Å². The van der Waals surface area contributed by atoms with Crippen LogP contribution in [0, 0.1) is 5.92 Å². The van der Waals surface area contributed by atoms with Crippen molar-refractivity contribution < 1.29 is 14.3 Å². The predicted octanol–water partition coefficient (Wildman–Crippen LogP) is 5.92. The summed E-state index contributed by atoms with van der Waals surface area (Å²) in [6.07, 6.45) is 0.460. The van der Waals surface area contributed by atoms with E-state index >= 15 is 0 Å². The van der Waals surface area contributed by atoms with Crippen LogP contribution in [0.5, 0.6) is 0 Å². The summed E-state index contributed by atoms with van der Waals surface area (Å²) in [6, 6.07) is 9.01. The number of halogens is 3. The molecule has 1 aliphatic rings. The molecule has 9 heteroatoms. The lowest BCUT2D eigenvalue weighted by Gasteiger charge is -2.33. The van der Waals surface area contributed by atoms with E-state index < -0.39 is 5.92 Å². The van der Waals surface area contributed by atoms with E-state index in [1.807, 2.05) is 18.2 Å². The van der Waals surface area contributed by atoms with Gasteiger partial charge in [0, 0.05) is 10.7 Å². The molecule has 0 N–H and O–H groups in total. The third kappa shape index (κ3) is 4.14. The fourth-order valence-electron chi connectivity index (χ4n) is 3.60. The highest BCUT2D eigenvalue weighted by Crippen LogP contribution is 2.37. The van der Waals surface area contributed by atoms with Crippen molar-refractivity contribution in [1.29, 1.82) is 0 Å². The van der Waals surface area contributed by atoms with E-state index in [9.17, 15) is 9.59 Å². The highest BCUT2D eigenvalue weighted by molar-refractivity contribution is 7.18. The van der Waals surface area contributed by atoms with Crippen molar-refractivity contribution >= 4 is 73.9 Å². The van der Waals surface area contributed by atoms with Crippen LogP contribution in [0.4, 0.5) is 5.69 Å². The van der Waals surface area contributed by atoms with E-state index in [1.54, 1.807) is 24.0 Å². The van der Waals surface area contributed by atoms with Gasteiger partial charge in [0.1, 0.15) is 10.5 Å². The molecule has 1 unspecified atom stereocenters. The Hall–Kier alpha value is -1.86. The molecule has 4 rings (SSSR count). The summed E-state index contributed by atoms with van der Waals surface area (Å²) in [5, 5.41) is 2.14. The Balaban J connectivity index is 1.69. The van der Waals surface area contributed by atoms with Gasteiger partial charge in [-0.1, -0.05) is 34.8 Å². The number of hydrogen-bond donors (Lipinski definition) is 0. The van der Waals surface area contributed by atoms with Gasteiger partial charge in [-0.25, -0.2) is 4.98 Å². The van der Waals surface area contributed by atoms with Crippen molar-refractivity contribution in [2.45, 2.75) is 26.3 Å². The molecule has 3 aromatic rings. The van der Waals surface area contributed by atoms with Crippen molar-refractivity contribution in [3.63, 3.8) is 0 Å². The lowest BCUT2D eigenvalue weighted by Crippen LogP contribution is -2.41. The highest BCUT2D eigenvalue weighted by atomic mass is 35.5. The molecule has 30 heavy (non-hydrogen) atoms.